The summed E-state index contributed by atoms with van der Waals surface area (Å²) in [7, 11) is 0. The first kappa shape index (κ1) is 12.6. The maximum Gasteiger partial charge on any atom is 0.0837 e. The normalized spacial score (nSPS) is 33.4. The number of hydrogen-bond acceptors (Lipinski definition) is 3. The van der Waals surface area contributed by atoms with E-state index in [0.717, 1.165) is 19.7 Å². The lowest BCUT2D eigenvalue weighted by atomic mass is 10.2. The van der Waals surface area contributed by atoms with Gasteiger partial charge in [-0.15, -0.1) is 11.6 Å². The van der Waals surface area contributed by atoms with Crippen molar-refractivity contribution in [3.63, 3.8) is 0 Å². The van der Waals surface area contributed by atoms with Crippen LogP contribution in [0, 0.1) is 0 Å². The van der Waals surface area contributed by atoms with Crippen LogP contribution >= 0.6 is 11.6 Å². The smallest absolute Gasteiger partial charge is 0.0837 e. The van der Waals surface area contributed by atoms with Crippen molar-refractivity contribution in [3.8, 4) is 0 Å². The first-order valence-electron chi connectivity index (χ1n) is 6.43. The summed E-state index contributed by atoms with van der Waals surface area (Å²) >= 11 is 5.86. The molecule has 0 amide bonds. The number of morpholine rings is 1. The highest BCUT2D eigenvalue weighted by Gasteiger charge is 2.25. The maximum absolute atomic E-state index is 5.86. The first-order valence-corrected chi connectivity index (χ1v) is 6.97. The molecule has 2 aliphatic heterocycles. The molecule has 2 aliphatic rings. The van der Waals surface area contributed by atoms with E-state index in [4.69, 9.17) is 16.3 Å². The van der Waals surface area contributed by atoms with Gasteiger partial charge in [0.15, 0.2) is 0 Å². The molecule has 16 heavy (non-hydrogen) atoms. The number of rotatable bonds is 4. The van der Waals surface area contributed by atoms with E-state index >= 15 is 0 Å². The molecule has 0 N–H and O–H groups in total. The molecule has 2 rings (SSSR count). The molecule has 0 aliphatic carbocycles. The Labute approximate surface area is 104 Å². The highest BCUT2D eigenvalue weighted by Crippen LogP contribution is 2.13. The third kappa shape index (κ3) is 3.33. The van der Waals surface area contributed by atoms with Gasteiger partial charge < -0.3 is 9.64 Å². The number of ether oxygens (including phenoxy) is 1. The van der Waals surface area contributed by atoms with E-state index in [1.807, 2.05) is 0 Å². The van der Waals surface area contributed by atoms with Crippen molar-refractivity contribution < 1.29 is 4.74 Å². The van der Waals surface area contributed by atoms with Crippen LogP contribution in [0.5, 0.6) is 0 Å². The van der Waals surface area contributed by atoms with Crippen LogP contribution in [0.4, 0.5) is 0 Å². The number of nitrogens with zero attached hydrogens (tertiary/aromatic N) is 2. The topological polar surface area (TPSA) is 15.7 Å². The van der Waals surface area contributed by atoms with Crippen molar-refractivity contribution in [1.29, 1.82) is 0 Å². The van der Waals surface area contributed by atoms with Crippen LogP contribution in [-0.2, 0) is 4.74 Å². The van der Waals surface area contributed by atoms with E-state index < -0.39 is 0 Å². The van der Waals surface area contributed by atoms with Crippen LogP contribution in [-0.4, -0.2) is 67.2 Å². The van der Waals surface area contributed by atoms with Crippen molar-refractivity contribution in [1.82, 2.24) is 9.80 Å². The number of hydrogen-bond donors (Lipinski definition) is 0. The SMILES string of the molecule is CC1COC(CCl)CN1CCN1CCCC1. The summed E-state index contributed by atoms with van der Waals surface area (Å²) < 4.78 is 5.65. The Balaban J connectivity index is 1.73. The highest BCUT2D eigenvalue weighted by atomic mass is 35.5. The molecule has 0 spiro atoms. The monoisotopic (exact) mass is 246 g/mol. The van der Waals surface area contributed by atoms with Gasteiger partial charge in [-0.25, -0.2) is 0 Å². The third-order valence-electron chi connectivity index (χ3n) is 3.71. The van der Waals surface area contributed by atoms with Gasteiger partial charge in [-0.2, -0.15) is 0 Å². The zero-order valence-corrected chi connectivity index (χ0v) is 11.0. The Hall–Kier alpha value is 0.170. The van der Waals surface area contributed by atoms with Crippen molar-refractivity contribution in [2.75, 3.05) is 45.2 Å². The largest absolute Gasteiger partial charge is 0.374 e. The van der Waals surface area contributed by atoms with E-state index in [9.17, 15) is 0 Å². The third-order valence-corrected chi connectivity index (χ3v) is 4.05. The molecule has 4 heteroatoms. The minimum Gasteiger partial charge on any atom is -0.374 e. The molecule has 2 atom stereocenters. The van der Waals surface area contributed by atoms with Crippen LogP contribution in [0.2, 0.25) is 0 Å². The summed E-state index contributed by atoms with van der Waals surface area (Å²) in [5.74, 6) is 0.618. The molecule has 0 radical (unpaired) electrons. The van der Waals surface area contributed by atoms with Gasteiger partial charge in [-0.3, -0.25) is 4.90 Å². The van der Waals surface area contributed by atoms with Gasteiger partial charge in [0.05, 0.1) is 12.7 Å². The van der Waals surface area contributed by atoms with Crippen molar-refractivity contribution in [2.45, 2.75) is 31.9 Å². The van der Waals surface area contributed by atoms with Crippen molar-refractivity contribution >= 4 is 11.6 Å². The molecule has 0 saturated carbocycles. The van der Waals surface area contributed by atoms with Crippen LogP contribution in [0.1, 0.15) is 19.8 Å². The lowest BCUT2D eigenvalue weighted by molar-refractivity contribution is -0.0493. The molecular formula is C12H23ClN2O. The Morgan fingerprint density at radius 2 is 2.00 bits per heavy atom. The summed E-state index contributed by atoms with van der Waals surface area (Å²) in [5, 5.41) is 0. The Kier molecular flexibility index (Phi) is 4.89. The van der Waals surface area contributed by atoms with Gasteiger partial charge in [0.2, 0.25) is 0 Å². The molecule has 2 saturated heterocycles. The first-order chi connectivity index (χ1) is 7.79. The number of halogens is 1. The number of likely N-dealkylation sites (tertiary alicyclic amines) is 1. The van der Waals surface area contributed by atoms with Gasteiger partial charge in [-0.1, -0.05) is 0 Å². The van der Waals surface area contributed by atoms with Gasteiger partial charge in [-0.05, 0) is 32.9 Å². The molecule has 94 valence electrons. The highest BCUT2D eigenvalue weighted by molar-refractivity contribution is 6.18. The zero-order valence-electron chi connectivity index (χ0n) is 10.2. The summed E-state index contributed by atoms with van der Waals surface area (Å²) in [5.41, 5.74) is 0. The van der Waals surface area contributed by atoms with Crippen molar-refractivity contribution in [3.05, 3.63) is 0 Å². The van der Waals surface area contributed by atoms with Crippen LogP contribution in [0.25, 0.3) is 0 Å². The van der Waals surface area contributed by atoms with Crippen LogP contribution in [0.15, 0.2) is 0 Å². The fourth-order valence-electron chi connectivity index (χ4n) is 2.56. The Bertz CT molecular complexity index is 209. The second-order valence-electron chi connectivity index (χ2n) is 5.00. The Morgan fingerprint density at radius 3 is 2.69 bits per heavy atom. The average Bonchev–Trinajstić information content (AvgIpc) is 2.81. The molecule has 2 fully saturated rings. The lowest BCUT2D eigenvalue weighted by Gasteiger charge is -2.38. The van der Waals surface area contributed by atoms with Crippen LogP contribution < -0.4 is 0 Å². The van der Waals surface area contributed by atoms with Gasteiger partial charge in [0.1, 0.15) is 0 Å². The quantitative estimate of drug-likeness (QED) is 0.698. The molecule has 2 heterocycles. The second kappa shape index (κ2) is 6.20. The fraction of sp³-hybridized carbons (Fsp3) is 1.00. The number of alkyl halides is 1. The maximum atomic E-state index is 5.86. The van der Waals surface area contributed by atoms with Gasteiger partial charge in [0, 0.05) is 31.6 Å². The van der Waals surface area contributed by atoms with Crippen molar-refractivity contribution in [2.24, 2.45) is 0 Å². The molecular weight excluding hydrogens is 224 g/mol. The molecule has 0 aromatic carbocycles. The summed E-state index contributed by atoms with van der Waals surface area (Å²) in [4.78, 5) is 5.09. The molecule has 0 aromatic heterocycles. The standard InChI is InChI=1S/C12H23ClN2O/c1-11-10-16-12(8-13)9-15(11)7-6-14-4-2-3-5-14/h11-12H,2-10H2,1H3. The molecule has 0 bridgehead atoms. The summed E-state index contributed by atoms with van der Waals surface area (Å²) in [6.07, 6.45) is 2.99. The summed E-state index contributed by atoms with van der Waals surface area (Å²) in [6, 6.07) is 0.544. The van der Waals surface area contributed by atoms with E-state index in [0.29, 0.717) is 11.9 Å². The zero-order chi connectivity index (χ0) is 11.4. The van der Waals surface area contributed by atoms with E-state index in [1.54, 1.807) is 0 Å². The molecule has 3 nitrogen and oxygen atoms in total. The Morgan fingerprint density at radius 1 is 1.25 bits per heavy atom. The van der Waals surface area contributed by atoms with E-state index in [1.165, 1.54) is 32.5 Å². The fourth-order valence-corrected chi connectivity index (χ4v) is 2.74. The predicted molar refractivity (Wildman–Crippen MR) is 67.2 cm³/mol. The molecule has 0 aromatic rings. The lowest BCUT2D eigenvalue weighted by Crippen LogP contribution is -2.50. The van der Waals surface area contributed by atoms with E-state index in [2.05, 4.69) is 16.7 Å². The van der Waals surface area contributed by atoms with Gasteiger partial charge in [0.25, 0.3) is 0 Å². The minimum atomic E-state index is 0.233. The van der Waals surface area contributed by atoms with Gasteiger partial charge >= 0.3 is 0 Å². The predicted octanol–water partition coefficient (Wildman–Crippen LogP) is 1.41. The average molecular weight is 247 g/mol. The van der Waals surface area contributed by atoms with E-state index in [-0.39, 0.29) is 6.10 Å². The second-order valence-corrected chi connectivity index (χ2v) is 5.31. The molecule has 2 unspecified atom stereocenters. The van der Waals surface area contributed by atoms with Crippen LogP contribution in [0.3, 0.4) is 0 Å². The minimum absolute atomic E-state index is 0.233. The summed E-state index contributed by atoms with van der Waals surface area (Å²) in [6.45, 7) is 9.02.